The minimum atomic E-state index is -4.39. The molecule has 1 aliphatic rings. The van der Waals surface area contributed by atoms with Crippen molar-refractivity contribution in [1.82, 2.24) is 0 Å². The van der Waals surface area contributed by atoms with Gasteiger partial charge in [0.05, 0.1) is 11.0 Å². The van der Waals surface area contributed by atoms with E-state index in [1.165, 1.54) is 12.1 Å². The number of rotatable bonds is 3. The molecule has 1 saturated carbocycles. The summed E-state index contributed by atoms with van der Waals surface area (Å²) in [7, 11) is 0. The predicted molar refractivity (Wildman–Crippen MR) is 104 cm³/mol. The standard InChI is InChI=1S/C23H20ClF3O/c1-21(2,3)13-12-20(28)22(16-8-10-18(24)11-9-16)14-19(22)15-4-6-17(7-5-15)23(25,26)27/h4-11,19H,14H2,1-3H3/t19-,22-/m1/s1. The summed E-state index contributed by atoms with van der Waals surface area (Å²) in [5.74, 6) is 5.32. The second-order valence-electron chi connectivity index (χ2n) is 8.18. The lowest BCUT2D eigenvalue weighted by molar-refractivity contribution is -0.137. The lowest BCUT2D eigenvalue weighted by Crippen LogP contribution is -2.22. The van der Waals surface area contributed by atoms with Crippen LogP contribution in [0.1, 0.15) is 49.8 Å². The van der Waals surface area contributed by atoms with Gasteiger partial charge in [-0.15, -0.1) is 0 Å². The summed E-state index contributed by atoms with van der Waals surface area (Å²) < 4.78 is 38.5. The van der Waals surface area contributed by atoms with Crippen LogP contribution in [-0.2, 0) is 16.4 Å². The van der Waals surface area contributed by atoms with Gasteiger partial charge in [-0.1, -0.05) is 41.8 Å². The number of alkyl halides is 3. The van der Waals surface area contributed by atoms with Crippen LogP contribution in [0.15, 0.2) is 48.5 Å². The highest BCUT2D eigenvalue weighted by Gasteiger charge is 2.61. The van der Waals surface area contributed by atoms with Gasteiger partial charge < -0.3 is 0 Å². The molecule has 0 radical (unpaired) electrons. The van der Waals surface area contributed by atoms with E-state index in [9.17, 15) is 18.0 Å². The van der Waals surface area contributed by atoms with Crippen molar-refractivity contribution < 1.29 is 18.0 Å². The molecule has 5 heteroatoms. The number of carbonyl (C=O) groups excluding carboxylic acids is 1. The summed E-state index contributed by atoms with van der Waals surface area (Å²) in [5, 5.41) is 0.554. The molecule has 28 heavy (non-hydrogen) atoms. The molecule has 0 heterocycles. The molecule has 146 valence electrons. The van der Waals surface area contributed by atoms with Gasteiger partial charge in [-0.05, 0) is 68.5 Å². The van der Waals surface area contributed by atoms with Gasteiger partial charge in [-0.2, -0.15) is 13.2 Å². The molecule has 1 fully saturated rings. The molecular weight excluding hydrogens is 385 g/mol. The van der Waals surface area contributed by atoms with E-state index in [1.807, 2.05) is 20.8 Å². The van der Waals surface area contributed by atoms with Crippen LogP contribution in [0.3, 0.4) is 0 Å². The van der Waals surface area contributed by atoms with Crippen LogP contribution in [0.5, 0.6) is 0 Å². The molecular formula is C23H20ClF3O. The summed E-state index contributed by atoms with van der Waals surface area (Å²) in [6.45, 7) is 5.76. The molecule has 0 aromatic heterocycles. The van der Waals surface area contributed by atoms with Gasteiger partial charge in [0.25, 0.3) is 0 Å². The molecule has 0 spiro atoms. The predicted octanol–water partition coefficient (Wildman–Crippen LogP) is 6.40. The Kier molecular flexibility index (Phi) is 5.10. The second-order valence-corrected chi connectivity index (χ2v) is 8.62. The third kappa shape index (κ3) is 4.10. The van der Waals surface area contributed by atoms with E-state index in [0.717, 1.165) is 17.7 Å². The SMILES string of the molecule is CC(C)(C)C#CC(=O)[C@@]1(c2ccc(Cl)cc2)C[C@@H]1c1ccc(C(F)(F)F)cc1. The average Bonchev–Trinajstić information content (AvgIpc) is 3.36. The molecule has 0 N–H and O–H groups in total. The van der Waals surface area contributed by atoms with E-state index in [1.54, 1.807) is 24.3 Å². The van der Waals surface area contributed by atoms with Gasteiger partial charge >= 0.3 is 6.18 Å². The number of benzene rings is 2. The van der Waals surface area contributed by atoms with Gasteiger partial charge in [-0.3, -0.25) is 4.79 Å². The van der Waals surface area contributed by atoms with E-state index >= 15 is 0 Å². The highest BCUT2D eigenvalue weighted by molar-refractivity contribution is 6.30. The average molecular weight is 405 g/mol. The van der Waals surface area contributed by atoms with E-state index < -0.39 is 17.2 Å². The number of Topliss-reactive ketones (excluding diaryl/α,β-unsaturated/α-hetero) is 1. The number of hydrogen-bond donors (Lipinski definition) is 0. The monoisotopic (exact) mass is 404 g/mol. The van der Waals surface area contributed by atoms with Gasteiger partial charge in [0, 0.05) is 16.4 Å². The fraction of sp³-hybridized carbons (Fsp3) is 0.348. The first kappa shape index (κ1) is 20.5. The first-order valence-corrected chi connectivity index (χ1v) is 9.32. The quantitative estimate of drug-likeness (QED) is 0.427. The van der Waals surface area contributed by atoms with Crippen LogP contribution in [0.4, 0.5) is 13.2 Å². The molecule has 0 bridgehead atoms. The third-order valence-electron chi connectivity index (χ3n) is 4.92. The summed E-state index contributed by atoms with van der Waals surface area (Å²) in [5.41, 5.74) is -0.380. The normalized spacial score (nSPS) is 21.6. The molecule has 2 aromatic carbocycles. The topological polar surface area (TPSA) is 17.1 Å². The zero-order valence-electron chi connectivity index (χ0n) is 15.8. The molecule has 1 nitrogen and oxygen atoms in total. The first-order valence-electron chi connectivity index (χ1n) is 8.94. The van der Waals surface area contributed by atoms with Crippen molar-refractivity contribution in [1.29, 1.82) is 0 Å². The van der Waals surface area contributed by atoms with Crippen LogP contribution < -0.4 is 0 Å². The molecule has 0 amide bonds. The van der Waals surface area contributed by atoms with Crippen molar-refractivity contribution >= 4 is 17.4 Å². The molecule has 3 rings (SSSR count). The molecule has 2 aromatic rings. The van der Waals surface area contributed by atoms with Crippen LogP contribution in [0.2, 0.25) is 5.02 Å². The van der Waals surface area contributed by atoms with Gasteiger partial charge in [0.15, 0.2) is 0 Å². The summed E-state index contributed by atoms with van der Waals surface area (Å²) in [6.07, 6.45) is -3.87. The molecule has 0 aliphatic heterocycles. The van der Waals surface area contributed by atoms with E-state index in [-0.39, 0.29) is 17.1 Å². The number of hydrogen-bond acceptors (Lipinski definition) is 1. The van der Waals surface area contributed by atoms with Crippen molar-refractivity contribution in [2.24, 2.45) is 5.41 Å². The van der Waals surface area contributed by atoms with E-state index in [4.69, 9.17) is 11.6 Å². The van der Waals surface area contributed by atoms with Crippen LogP contribution in [-0.4, -0.2) is 5.78 Å². The first-order chi connectivity index (χ1) is 12.9. The van der Waals surface area contributed by atoms with Gasteiger partial charge in [0.1, 0.15) is 0 Å². The Hall–Kier alpha value is -2.25. The Balaban J connectivity index is 1.99. The Morgan fingerprint density at radius 1 is 1.04 bits per heavy atom. The maximum Gasteiger partial charge on any atom is 0.416 e. The minimum absolute atomic E-state index is 0.210. The smallest absolute Gasteiger partial charge is 0.284 e. The van der Waals surface area contributed by atoms with Crippen LogP contribution >= 0.6 is 11.6 Å². The summed E-state index contributed by atoms with van der Waals surface area (Å²) in [6, 6.07) is 12.0. The number of ketones is 1. The van der Waals surface area contributed by atoms with Gasteiger partial charge in [0.2, 0.25) is 5.78 Å². The fourth-order valence-electron chi connectivity index (χ4n) is 3.37. The van der Waals surface area contributed by atoms with Crippen LogP contribution in [0, 0.1) is 17.3 Å². The van der Waals surface area contributed by atoms with Crippen molar-refractivity contribution in [2.45, 2.75) is 44.7 Å². The maximum atomic E-state index is 13.1. The minimum Gasteiger partial charge on any atom is -0.284 e. The zero-order chi connectivity index (χ0) is 20.7. The maximum absolute atomic E-state index is 13.1. The van der Waals surface area contributed by atoms with Crippen molar-refractivity contribution in [3.63, 3.8) is 0 Å². The Morgan fingerprint density at radius 2 is 1.61 bits per heavy atom. The highest BCUT2D eigenvalue weighted by atomic mass is 35.5. The molecule has 2 atom stereocenters. The van der Waals surface area contributed by atoms with Crippen molar-refractivity contribution in [2.75, 3.05) is 0 Å². The Morgan fingerprint density at radius 3 is 2.11 bits per heavy atom. The van der Waals surface area contributed by atoms with Crippen molar-refractivity contribution in [3.05, 3.63) is 70.2 Å². The number of halogens is 4. The third-order valence-corrected chi connectivity index (χ3v) is 5.17. The zero-order valence-corrected chi connectivity index (χ0v) is 16.6. The molecule has 1 aliphatic carbocycles. The fourth-order valence-corrected chi connectivity index (χ4v) is 3.50. The lowest BCUT2D eigenvalue weighted by atomic mass is 9.86. The Labute approximate surface area is 167 Å². The molecule has 0 unspecified atom stereocenters. The summed E-state index contributed by atoms with van der Waals surface area (Å²) >= 11 is 5.98. The lowest BCUT2D eigenvalue weighted by Gasteiger charge is -2.16. The van der Waals surface area contributed by atoms with E-state index in [0.29, 0.717) is 17.0 Å². The van der Waals surface area contributed by atoms with E-state index in [2.05, 4.69) is 11.8 Å². The second kappa shape index (κ2) is 6.97. The highest BCUT2D eigenvalue weighted by Crippen LogP contribution is 2.61. The van der Waals surface area contributed by atoms with Gasteiger partial charge in [-0.25, -0.2) is 0 Å². The number of carbonyl (C=O) groups is 1. The van der Waals surface area contributed by atoms with Crippen molar-refractivity contribution in [3.8, 4) is 11.8 Å². The molecule has 0 saturated heterocycles. The summed E-state index contributed by atoms with van der Waals surface area (Å²) in [4.78, 5) is 13.1. The largest absolute Gasteiger partial charge is 0.416 e. The Bertz CT molecular complexity index is 941. The van der Waals surface area contributed by atoms with Crippen LogP contribution in [0.25, 0.3) is 0 Å².